The van der Waals surface area contributed by atoms with Crippen molar-refractivity contribution in [2.45, 2.75) is 13.5 Å². The molecule has 0 aliphatic carbocycles. The van der Waals surface area contributed by atoms with E-state index >= 15 is 0 Å². The van der Waals surface area contributed by atoms with E-state index in [0.29, 0.717) is 29.1 Å². The van der Waals surface area contributed by atoms with Gasteiger partial charge in [0.1, 0.15) is 23.7 Å². The van der Waals surface area contributed by atoms with Gasteiger partial charge >= 0.3 is 0 Å². The minimum Gasteiger partial charge on any atom is -0.487 e. The number of H-pyrrole nitrogens is 1. The molecule has 0 aliphatic rings. The number of hydrogen-bond donors (Lipinski definition) is 1. The highest BCUT2D eigenvalue weighted by Gasteiger charge is 2.07. The summed E-state index contributed by atoms with van der Waals surface area (Å²) in [5, 5.41) is 0.543. The second-order valence-corrected chi connectivity index (χ2v) is 4.58. The molecular formula is C16H14N2O2. The van der Waals surface area contributed by atoms with Gasteiger partial charge in [0.05, 0.1) is 5.39 Å². The molecule has 4 heteroatoms. The number of para-hydroxylation sites is 1. The molecular weight excluding hydrogens is 252 g/mol. The van der Waals surface area contributed by atoms with E-state index in [0.717, 1.165) is 5.56 Å². The van der Waals surface area contributed by atoms with Crippen LogP contribution in [0.2, 0.25) is 0 Å². The Morgan fingerprint density at radius 3 is 2.70 bits per heavy atom. The summed E-state index contributed by atoms with van der Waals surface area (Å²) in [5.41, 5.74) is 1.54. The number of aromatic nitrogens is 2. The SMILES string of the molecule is Cc1nc2c(OCc3ccccc3)cccc2c(=O)[nH]1. The van der Waals surface area contributed by atoms with Gasteiger partial charge in [0.2, 0.25) is 0 Å². The van der Waals surface area contributed by atoms with Crippen LogP contribution in [0, 0.1) is 6.92 Å². The lowest BCUT2D eigenvalue weighted by Gasteiger charge is -2.08. The number of hydrogen-bond acceptors (Lipinski definition) is 3. The Labute approximate surface area is 116 Å². The van der Waals surface area contributed by atoms with Gasteiger partial charge in [-0.1, -0.05) is 36.4 Å². The number of aryl methyl sites for hydroxylation is 1. The van der Waals surface area contributed by atoms with E-state index in [1.165, 1.54) is 0 Å². The second-order valence-electron chi connectivity index (χ2n) is 4.58. The lowest BCUT2D eigenvalue weighted by molar-refractivity contribution is 0.309. The standard InChI is InChI=1S/C16H14N2O2/c1-11-17-15-13(16(19)18-11)8-5-9-14(15)20-10-12-6-3-2-4-7-12/h2-9H,10H2,1H3,(H,17,18,19). The van der Waals surface area contributed by atoms with Crippen LogP contribution in [0.5, 0.6) is 5.75 Å². The van der Waals surface area contributed by atoms with Crippen molar-refractivity contribution in [3.05, 3.63) is 70.3 Å². The maximum absolute atomic E-state index is 11.9. The third kappa shape index (κ3) is 2.40. The fourth-order valence-electron chi connectivity index (χ4n) is 2.10. The molecule has 100 valence electrons. The van der Waals surface area contributed by atoms with Crippen molar-refractivity contribution in [1.82, 2.24) is 9.97 Å². The Morgan fingerprint density at radius 2 is 1.90 bits per heavy atom. The summed E-state index contributed by atoms with van der Waals surface area (Å²) in [6.07, 6.45) is 0. The smallest absolute Gasteiger partial charge is 0.258 e. The minimum absolute atomic E-state index is 0.141. The first-order valence-corrected chi connectivity index (χ1v) is 6.40. The zero-order valence-electron chi connectivity index (χ0n) is 11.1. The summed E-state index contributed by atoms with van der Waals surface area (Å²) in [6, 6.07) is 15.3. The largest absolute Gasteiger partial charge is 0.487 e. The average Bonchev–Trinajstić information content (AvgIpc) is 2.46. The molecule has 0 unspecified atom stereocenters. The van der Waals surface area contributed by atoms with Crippen LogP contribution in [0.15, 0.2) is 53.3 Å². The first-order chi connectivity index (χ1) is 9.74. The quantitative estimate of drug-likeness (QED) is 0.793. The number of rotatable bonds is 3. The van der Waals surface area contributed by atoms with E-state index in [4.69, 9.17) is 4.74 Å². The first kappa shape index (κ1) is 12.4. The molecule has 0 amide bonds. The number of aromatic amines is 1. The van der Waals surface area contributed by atoms with Crippen LogP contribution in [-0.2, 0) is 6.61 Å². The van der Waals surface area contributed by atoms with Gasteiger partial charge in [0, 0.05) is 0 Å². The fraction of sp³-hybridized carbons (Fsp3) is 0.125. The van der Waals surface area contributed by atoms with Crippen molar-refractivity contribution in [1.29, 1.82) is 0 Å². The van der Waals surface area contributed by atoms with E-state index in [1.54, 1.807) is 19.1 Å². The van der Waals surface area contributed by atoms with Crippen molar-refractivity contribution in [3.63, 3.8) is 0 Å². The van der Waals surface area contributed by atoms with Crippen molar-refractivity contribution in [2.24, 2.45) is 0 Å². The molecule has 4 nitrogen and oxygen atoms in total. The van der Waals surface area contributed by atoms with Gasteiger partial charge in [-0.2, -0.15) is 0 Å². The molecule has 3 rings (SSSR count). The van der Waals surface area contributed by atoms with Crippen molar-refractivity contribution in [2.75, 3.05) is 0 Å². The van der Waals surface area contributed by atoms with E-state index < -0.39 is 0 Å². The number of nitrogens with one attached hydrogen (secondary N) is 1. The maximum atomic E-state index is 11.9. The van der Waals surface area contributed by atoms with Crippen LogP contribution in [0.3, 0.4) is 0 Å². The van der Waals surface area contributed by atoms with Gasteiger partial charge in [-0.3, -0.25) is 4.79 Å². The molecule has 1 aromatic heterocycles. The van der Waals surface area contributed by atoms with Crippen LogP contribution >= 0.6 is 0 Å². The highest BCUT2D eigenvalue weighted by molar-refractivity contribution is 5.83. The van der Waals surface area contributed by atoms with Crippen LogP contribution in [0.4, 0.5) is 0 Å². The highest BCUT2D eigenvalue weighted by atomic mass is 16.5. The molecule has 0 saturated heterocycles. The Bertz CT molecular complexity index is 794. The molecule has 1 heterocycles. The molecule has 0 atom stereocenters. The van der Waals surface area contributed by atoms with Crippen LogP contribution < -0.4 is 10.3 Å². The van der Waals surface area contributed by atoms with E-state index in [2.05, 4.69) is 9.97 Å². The number of ether oxygens (including phenoxy) is 1. The Morgan fingerprint density at radius 1 is 1.10 bits per heavy atom. The lowest BCUT2D eigenvalue weighted by atomic mass is 10.2. The second kappa shape index (κ2) is 5.17. The average molecular weight is 266 g/mol. The molecule has 0 radical (unpaired) electrons. The molecule has 0 saturated carbocycles. The van der Waals surface area contributed by atoms with Crippen molar-refractivity contribution < 1.29 is 4.74 Å². The van der Waals surface area contributed by atoms with Crippen LogP contribution in [0.25, 0.3) is 10.9 Å². The van der Waals surface area contributed by atoms with E-state index in [9.17, 15) is 4.79 Å². The molecule has 2 aromatic carbocycles. The van der Waals surface area contributed by atoms with Gasteiger partial charge < -0.3 is 9.72 Å². The van der Waals surface area contributed by atoms with Crippen LogP contribution in [-0.4, -0.2) is 9.97 Å². The Hall–Kier alpha value is -2.62. The topological polar surface area (TPSA) is 55.0 Å². The first-order valence-electron chi connectivity index (χ1n) is 6.40. The normalized spacial score (nSPS) is 10.7. The molecule has 1 N–H and O–H groups in total. The predicted octanol–water partition coefficient (Wildman–Crippen LogP) is 2.81. The third-order valence-corrected chi connectivity index (χ3v) is 3.05. The van der Waals surface area contributed by atoms with E-state index in [-0.39, 0.29) is 5.56 Å². The molecule has 0 spiro atoms. The fourth-order valence-corrected chi connectivity index (χ4v) is 2.10. The zero-order valence-corrected chi connectivity index (χ0v) is 11.1. The van der Waals surface area contributed by atoms with Gasteiger partial charge in [-0.25, -0.2) is 4.98 Å². The summed E-state index contributed by atoms with van der Waals surface area (Å²) in [5.74, 6) is 1.21. The van der Waals surface area contributed by atoms with E-state index in [1.807, 2.05) is 36.4 Å². The highest BCUT2D eigenvalue weighted by Crippen LogP contribution is 2.22. The minimum atomic E-state index is -0.141. The van der Waals surface area contributed by atoms with Gasteiger partial charge in [-0.15, -0.1) is 0 Å². The van der Waals surface area contributed by atoms with Gasteiger partial charge in [0.25, 0.3) is 5.56 Å². The monoisotopic (exact) mass is 266 g/mol. The predicted molar refractivity (Wildman–Crippen MR) is 77.9 cm³/mol. The molecule has 0 bridgehead atoms. The van der Waals surface area contributed by atoms with Crippen molar-refractivity contribution in [3.8, 4) is 5.75 Å². The number of nitrogens with zero attached hydrogens (tertiary/aromatic N) is 1. The van der Waals surface area contributed by atoms with Gasteiger partial charge in [-0.05, 0) is 24.6 Å². The van der Waals surface area contributed by atoms with Crippen molar-refractivity contribution >= 4 is 10.9 Å². The Balaban J connectivity index is 1.98. The van der Waals surface area contributed by atoms with Crippen LogP contribution in [0.1, 0.15) is 11.4 Å². The zero-order chi connectivity index (χ0) is 13.9. The number of benzene rings is 2. The maximum Gasteiger partial charge on any atom is 0.258 e. The Kier molecular flexibility index (Phi) is 3.21. The summed E-state index contributed by atoms with van der Waals surface area (Å²) in [6.45, 7) is 2.21. The molecule has 0 fully saturated rings. The van der Waals surface area contributed by atoms with Gasteiger partial charge in [0.15, 0.2) is 0 Å². The number of fused-ring (bicyclic) bond motifs is 1. The molecule has 0 aliphatic heterocycles. The summed E-state index contributed by atoms with van der Waals surface area (Å²) < 4.78 is 5.80. The summed E-state index contributed by atoms with van der Waals surface area (Å²) in [7, 11) is 0. The summed E-state index contributed by atoms with van der Waals surface area (Å²) in [4.78, 5) is 18.9. The third-order valence-electron chi connectivity index (χ3n) is 3.05. The molecule has 20 heavy (non-hydrogen) atoms. The summed E-state index contributed by atoms with van der Waals surface area (Å²) >= 11 is 0. The lowest BCUT2D eigenvalue weighted by Crippen LogP contribution is -2.10. The molecule has 3 aromatic rings.